The Kier molecular flexibility index (Phi) is 4.83. The molecule has 0 aliphatic carbocycles. The van der Waals surface area contributed by atoms with Gasteiger partial charge in [0, 0.05) is 32.4 Å². The number of para-hydroxylation sites is 1. The van der Waals surface area contributed by atoms with E-state index in [-0.39, 0.29) is 6.61 Å². The topological polar surface area (TPSA) is 26.7 Å². The van der Waals surface area contributed by atoms with Crippen molar-refractivity contribution in [2.45, 2.75) is 32.4 Å². The highest BCUT2D eigenvalue weighted by atomic mass is 16.3. The largest absolute Gasteiger partial charge is 0.395 e. The molecule has 1 aliphatic rings. The minimum atomic E-state index is 0.269. The minimum absolute atomic E-state index is 0.269. The van der Waals surface area contributed by atoms with E-state index in [0.717, 1.165) is 13.1 Å². The summed E-state index contributed by atoms with van der Waals surface area (Å²) in [6, 6.07) is 8.86. The van der Waals surface area contributed by atoms with Crippen LogP contribution in [0.4, 0.5) is 5.69 Å². The third-order valence-corrected chi connectivity index (χ3v) is 4.26. The molecule has 2 rings (SSSR count). The van der Waals surface area contributed by atoms with Crippen molar-refractivity contribution in [3.63, 3.8) is 0 Å². The zero-order valence-electron chi connectivity index (χ0n) is 12.3. The quantitative estimate of drug-likeness (QED) is 0.902. The van der Waals surface area contributed by atoms with Crippen molar-refractivity contribution in [3.8, 4) is 0 Å². The van der Waals surface area contributed by atoms with Gasteiger partial charge in [-0.1, -0.05) is 25.1 Å². The first kappa shape index (κ1) is 14.4. The van der Waals surface area contributed by atoms with Crippen LogP contribution >= 0.6 is 0 Å². The highest BCUT2D eigenvalue weighted by Gasteiger charge is 2.28. The van der Waals surface area contributed by atoms with Crippen LogP contribution in [0.2, 0.25) is 0 Å². The van der Waals surface area contributed by atoms with Gasteiger partial charge in [0.15, 0.2) is 0 Å². The number of aliphatic hydroxyl groups is 1. The lowest BCUT2D eigenvalue weighted by molar-refractivity contribution is 0.0473. The molecule has 0 aromatic heterocycles. The zero-order chi connectivity index (χ0) is 13.8. The van der Waals surface area contributed by atoms with Crippen LogP contribution in [0.3, 0.4) is 0 Å². The van der Waals surface area contributed by atoms with E-state index in [9.17, 15) is 5.11 Å². The van der Waals surface area contributed by atoms with Gasteiger partial charge in [0.1, 0.15) is 0 Å². The number of nitrogens with zero attached hydrogens (tertiary/aromatic N) is 2. The Hall–Kier alpha value is -1.06. The minimum Gasteiger partial charge on any atom is -0.395 e. The highest BCUT2D eigenvalue weighted by molar-refractivity contribution is 5.52. The Balaban J connectivity index is 2.15. The predicted molar refractivity (Wildman–Crippen MR) is 80.5 cm³/mol. The SMILES string of the molecule is CC1CCCN(Cc2ccccc2N(C)C)C1CO. The average molecular weight is 262 g/mol. The second-order valence-electron chi connectivity index (χ2n) is 5.86. The monoisotopic (exact) mass is 262 g/mol. The Labute approximate surface area is 116 Å². The van der Waals surface area contributed by atoms with Crippen molar-refractivity contribution >= 4 is 5.69 Å². The molecule has 3 heteroatoms. The number of aliphatic hydroxyl groups excluding tert-OH is 1. The van der Waals surface area contributed by atoms with Crippen molar-refractivity contribution in [1.82, 2.24) is 4.90 Å². The van der Waals surface area contributed by atoms with Gasteiger partial charge in [-0.2, -0.15) is 0 Å². The Morgan fingerprint density at radius 1 is 1.32 bits per heavy atom. The van der Waals surface area contributed by atoms with Gasteiger partial charge in [0.05, 0.1) is 6.61 Å². The van der Waals surface area contributed by atoms with E-state index in [4.69, 9.17) is 0 Å². The van der Waals surface area contributed by atoms with E-state index in [1.807, 2.05) is 0 Å². The van der Waals surface area contributed by atoms with Gasteiger partial charge in [0.25, 0.3) is 0 Å². The molecular formula is C16H26N2O. The number of piperidine rings is 1. The molecular weight excluding hydrogens is 236 g/mol. The number of hydrogen-bond acceptors (Lipinski definition) is 3. The summed E-state index contributed by atoms with van der Waals surface area (Å²) in [6.45, 7) is 4.55. The van der Waals surface area contributed by atoms with Gasteiger partial charge in [-0.25, -0.2) is 0 Å². The Morgan fingerprint density at radius 3 is 2.74 bits per heavy atom. The molecule has 2 atom stereocenters. The van der Waals surface area contributed by atoms with Crippen LogP contribution in [-0.2, 0) is 6.54 Å². The van der Waals surface area contributed by atoms with Crippen LogP contribution in [0.5, 0.6) is 0 Å². The molecule has 1 heterocycles. The van der Waals surface area contributed by atoms with Crippen molar-refractivity contribution in [2.24, 2.45) is 5.92 Å². The summed E-state index contributed by atoms with van der Waals surface area (Å²) in [4.78, 5) is 4.60. The smallest absolute Gasteiger partial charge is 0.0589 e. The molecule has 0 spiro atoms. The second-order valence-corrected chi connectivity index (χ2v) is 5.86. The van der Waals surface area contributed by atoms with Gasteiger partial charge in [0.2, 0.25) is 0 Å². The lowest BCUT2D eigenvalue weighted by atomic mass is 9.91. The van der Waals surface area contributed by atoms with Crippen LogP contribution in [-0.4, -0.2) is 43.3 Å². The van der Waals surface area contributed by atoms with Crippen LogP contribution in [0, 0.1) is 5.92 Å². The van der Waals surface area contributed by atoms with E-state index >= 15 is 0 Å². The summed E-state index contributed by atoms with van der Waals surface area (Å²) >= 11 is 0. The Morgan fingerprint density at radius 2 is 2.05 bits per heavy atom. The average Bonchev–Trinajstić information content (AvgIpc) is 2.39. The predicted octanol–water partition coefficient (Wildman–Crippen LogP) is 2.35. The third kappa shape index (κ3) is 3.28. The molecule has 19 heavy (non-hydrogen) atoms. The molecule has 1 aliphatic heterocycles. The fourth-order valence-electron chi connectivity index (χ4n) is 3.13. The summed E-state index contributed by atoms with van der Waals surface area (Å²) in [5.41, 5.74) is 2.62. The van der Waals surface area contributed by atoms with Gasteiger partial charge in [-0.3, -0.25) is 4.90 Å². The summed E-state index contributed by atoms with van der Waals surface area (Å²) in [5, 5.41) is 9.64. The van der Waals surface area contributed by atoms with Crippen molar-refractivity contribution in [1.29, 1.82) is 0 Å². The fourth-order valence-corrected chi connectivity index (χ4v) is 3.13. The van der Waals surface area contributed by atoms with Gasteiger partial charge in [-0.15, -0.1) is 0 Å². The lowest BCUT2D eigenvalue weighted by Gasteiger charge is -2.39. The molecule has 1 saturated heterocycles. The van der Waals surface area contributed by atoms with Gasteiger partial charge >= 0.3 is 0 Å². The number of rotatable bonds is 4. The lowest BCUT2D eigenvalue weighted by Crippen LogP contribution is -2.46. The maximum Gasteiger partial charge on any atom is 0.0589 e. The van der Waals surface area contributed by atoms with Crippen molar-refractivity contribution in [3.05, 3.63) is 29.8 Å². The summed E-state index contributed by atoms with van der Waals surface area (Å²) in [7, 11) is 4.17. The number of likely N-dealkylation sites (tertiary alicyclic amines) is 1. The normalized spacial score (nSPS) is 24.4. The maximum atomic E-state index is 9.64. The first-order chi connectivity index (χ1) is 9.13. The molecule has 0 bridgehead atoms. The molecule has 0 radical (unpaired) electrons. The van der Waals surface area contributed by atoms with E-state index in [1.54, 1.807) is 0 Å². The first-order valence-corrected chi connectivity index (χ1v) is 7.23. The molecule has 3 nitrogen and oxygen atoms in total. The fraction of sp³-hybridized carbons (Fsp3) is 0.625. The van der Waals surface area contributed by atoms with Crippen molar-refractivity contribution in [2.75, 3.05) is 32.1 Å². The highest BCUT2D eigenvalue weighted by Crippen LogP contribution is 2.27. The zero-order valence-corrected chi connectivity index (χ0v) is 12.3. The number of anilines is 1. The first-order valence-electron chi connectivity index (χ1n) is 7.23. The molecule has 106 valence electrons. The maximum absolute atomic E-state index is 9.64. The molecule has 2 unspecified atom stereocenters. The Bertz CT molecular complexity index is 405. The molecule has 0 amide bonds. The van der Waals surface area contributed by atoms with E-state index in [2.05, 4.69) is 55.1 Å². The third-order valence-electron chi connectivity index (χ3n) is 4.26. The molecule has 1 N–H and O–H groups in total. The van der Waals surface area contributed by atoms with Gasteiger partial charge < -0.3 is 10.0 Å². The second kappa shape index (κ2) is 6.40. The van der Waals surface area contributed by atoms with E-state index in [1.165, 1.54) is 24.1 Å². The summed E-state index contributed by atoms with van der Waals surface area (Å²) in [6.07, 6.45) is 2.47. The summed E-state index contributed by atoms with van der Waals surface area (Å²) < 4.78 is 0. The molecule has 0 saturated carbocycles. The van der Waals surface area contributed by atoms with E-state index < -0.39 is 0 Å². The van der Waals surface area contributed by atoms with Gasteiger partial charge in [-0.05, 0) is 36.9 Å². The van der Waals surface area contributed by atoms with Crippen LogP contribution in [0.25, 0.3) is 0 Å². The molecule has 1 aromatic rings. The van der Waals surface area contributed by atoms with Crippen molar-refractivity contribution < 1.29 is 5.11 Å². The standard InChI is InChI=1S/C16H26N2O/c1-13-7-6-10-18(16(13)12-19)11-14-8-4-5-9-15(14)17(2)3/h4-5,8-9,13,16,19H,6-7,10-12H2,1-3H3. The van der Waals surface area contributed by atoms with Crippen LogP contribution < -0.4 is 4.90 Å². The molecule has 1 fully saturated rings. The molecule has 1 aromatic carbocycles. The summed E-state index contributed by atoms with van der Waals surface area (Å²) in [5.74, 6) is 0.588. The number of benzene rings is 1. The number of hydrogen-bond donors (Lipinski definition) is 1. The van der Waals surface area contributed by atoms with Crippen LogP contribution in [0.1, 0.15) is 25.3 Å². The van der Waals surface area contributed by atoms with E-state index in [0.29, 0.717) is 12.0 Å². The van der Waals surface area contributed by atoms with Crippen LogP contribution in [0.15, 0.2) is 24.3 Å².